The lowest BCUT2D eigenvalue weighted by atomic mass is 9.92. The predicted octanol–water partition coefficient (Wildman–Crippen LogP) is 1.82. The van der Waals surface area contributed by atoms with Crippen LogP contribution in [0.3, 0.4) is 0 Å². The molecule has 11 nitrogen and oxygen atoms in total. The number of rotatable bonds is 4. The van der Waals surface area contributed by atoms with E-state index in [-0.39, 0.29) is 33.2 Å². The highest BCUT2D eigenvalue weighted by atomic mass is 16.6. The molecule has 1 heterocycles. The van der Waals surface area contributed by atoms with Gasteiger partial charge in [0.15, 0.2) is 0 Å². The summed E-state index contributed by atoms with van der Waals surface area (Å²) in [6.07, 6.45) is 0. The Bertz CT molecular complexity index is 1260. The third-order valence-corrected chi connectivity index (χ3v) is 4.65. The van der Waals surface area contributed by atoms with E-state index in [0.717, 1.165) is 30.3 Å². The Morgan fingerprint density at radius 1 is 0.833 bits per heavy atom. The number of benzene rings is 3. The number of carboxylic acids is 1. The Morgan fingerprint density at radius 2 is 1.37 bits per heavy atom. The van der Waals surface area contributed by atoms with E-state index in [1.54, 1.807) is 0 Å². The maximum absolute atomic E-state index is 13.1. The number of aromatic carboxylic acids is 1. The van der Waals surface area contributed by atoms with Crippen molar-refractivity contribution in [2.45, 2.75) is 0 Å². The van der Waals surface area contributed by atoms with Gasteiger partial charge in [0.2, 0.25) is 0 Å². The Kier molecular flexibility index (Phi) is 4.01. The summed E-state index contributed by atoms with van der Waals surface area (Å²) in [7, 11) is 0. The predicted molar refractivity (Wildman–Crippen MR) is 99.2 cm³/mol. The largest absolute Gasteiger partial charge is 0.545 e. The first-order valence-electron chi connectivity index (χ1n) is 8.30. The molecule has 148 valence electrons. The van der Waals surface area contributed by atoms with Crippen molar-refractivity contribution in [1.82, 2.24) is 0 Å². The smallest absolute Gasteiger partial charge is 0.270 e. The van der Waals surface area contributed by atoms with Gasteiger partial charge in [-0.1, -0.05) is 12.1 Å². The molecule has 0 aliphatic carbocycles. The van der Waals surface area contributed by atoms with E-state index in [1.807, 2.05) is 0 Å². The minimum atomic E-state index is -1.54. The monoisotopic (exact) mass is 406 g/mol. The summed E-state index contributed by atoms with van der Waals surface area (Å²) in [5.74, 6) is -3.39. The number of non-ortho nitro benzene ring substituents is 2. The van der Waals surface area contributed by atoms with Crippen LogP contribution in [0, 0.1) is 20.2 Å². The van der Waals surface area contributed by atoms with Crippen LogP contribution in [0.5, 0.6) is 0 Å². The molecule has 0 bridgehead atoms. The number of carbonyl (C=O) groups is 3. The molecule has 3 aromatic carbocycles. The van der Waals surface area contributed by atoms with Crippen LogP contribution in [0.4, 0.5) is 17.1 Å². The van der Waals surface area contributed by atoms with E-state index in [9.17, 15) is 39.7 Å². The number of nitrogens with zero attached hydrogens (tertiary/aromatic N) is 3. The van der Waals surface area contributed by atoms with Gasteiger partial charge >= 0.3 is 0 Å². The molecule has 0 unspecified atom stereocenters. The van der Waals surface area contributed by atoms with Crippen LogP contribution in [0.15, 0.2) is 48.5 Å². The fourth-order valence-electron chi connectivity index (χ4n) is 3.37. The van der Waals surface area contributed by atoms with Gasteiger partial charge in [-0.25, -0.2) is 4.90 Å². The molecular weight excluding hydrogens is 398 g/mol. The summed E-state index contributed by atoms with van der Waals surface area (Å²) in [5.41, 5.74) is -1.82. The topological polar surface area (TPSA) is 164 Å². The molecule has 3 aromatic rings. The fraction of sp³-hybridized carbons (Fsp3) is 0. The zero-order valence-corrected chi connectivity index (χ0v) is 14.7. The SMILES string of the molecule is O=C([O-])c1cccc(N2C(=O)c3cc([N+](=O)[O-])cc4cc([N+](=O)[O-])cc(c34)C2=O)c1. The number of amides is 2. The van der Waals surface area contributed by atoms with Gasteiger partial charge in [-0.15, -0.1) is 0 Å². The van der Waals surface area contributed by atoms with Gasteiger partial charge in [0.05, 0.1) is 32.6 Å². The molecule has 4 rings (SSSR count). The minimum absolute atomic E-state index is 0.00626. The molecule has 0 atom stereocenters. The molecule has 0 radical (unpaired) electrons. The van der Waals surface area contributed by atoms with E-state index in [1.165, 1.54) is 18.2 Å². The van der Waals surface area contributed by atoms with Crippen molar-refractivity contribution in [3.63, 3.8) is 0 Å². The van der Waals surface area contributed by atoms with Crippen LogP contribution in [-0.2, 0) is 0 Å². The van der Waals surface area contributed by atoms with Gasteiger partial charge in [0, 0.05) is 29.7 Å². The van der Waals surface area contributed by atoms with Crippen LogP contribution in [0.25, 0.3) is 10.8 Å². The van der Waals surface area contributed by atoms with Crippen molar-refractivity contribution in [2.75, 3.05) is 4.90 Å². The van der Waals surface area contributed by atoms with E-state index in [2.05, 4.69) is 0 Å². The highest BCUT2D eigenvalue weighted by Gasteiger charge is 2.37. The summed E-state index contributed by atoms with van der Waals surface area (Å²) in [6.45, 7) is 0. The lowest BCUT2D eigenvalue weighted by Gasteiger charge is -2.27. The minimum Gasteiger partial charge on any atom is -0.545 e. The number of hydrogen-bond acceptors (Lipinski definition) is 8. The number of anilines is 1. The van der Waals surface area contributed by atoms with Gasteiger partial charge in [-0.2, -0.15) is 0 Å². The molecule has 0 N–H and O–H groups in total. The van der Waals surface area contributed by atoms with Gasteiger partial charge in [0.25, 0.3) is 23.2 Å². The molecule has 0 aromatic heterocycles. The zero-order chi connectivity index (χ0) is 21.7. The lowest BCUT2D eigenvalue weighted by Crippen LogP contribution is -2.40. The highest BCUT2D eigenvalue weighted by Crippen LogP contribution is 2.37. The average molecular weight is 406 g/mol. The second kappa shape index (κ2) is 6.44. The zero-order valence-electron chi connectivity index (χ0n) is 14.7. The quantitative estimate of drug-likeness (QED) is 0.360. The maximum atomic E-state index is 13.1. The first kappa shape index (κ1) is 18.7. The van der Waals surface area contributed by atoms with E-state index >= 15 is 0 Å². The number of nitro groups is 2. The van der Waals surface area contributed by atoms with Crippen molar-refractivity contribution in [3.8, 4) is 0 Å². The van der Waals surface area contributed by atoms with Crippen molar-refractivity contribution in [2.24, 2.45) is 0 Å². The van der Waals surface area contributed by atoms with Crippen LogP contribution in [0.1, 0.15) is 31.1 Å². The Labute approximate surface area is 166 Å². The molecule has 0 saturated carbocycles. The number of nitro benzene ring substituents is 2. The van der Waals surface area contributed by atoms with Crippen LogP contribution in [0.2, 0.25) is 0 Å². The third-order valence-electron chi connectivity index (χ3n) is 4.65. The molecular formula is C19H8N3O8-. The van der Waals surface area contributed by atoms with Crippen LogP contribution >= 0.6 is 0 Å². The number of carboxylic acid groups (broad SMARTS) is 1. The highest BCUT2D eigenvalue weighted by molar-refractivity contribution is 6.36. The van der Waals surface area contributed by atoms with Crippen LogP contribution in [-0.4, -0.2) is 27.6 Å². The molecule has 0 fully saturated rings. The molecule has 30 heavy (non-hydrogen) atoms. The second-order valence-electron chi connectivity index (χ2n) is 6.38. The van der Waals surface area contributed by atoms with Gasteiger partial charge in [-0.05, 0) is 23.1 Å². The van der Waals surface area contributed by atoms with Gasteiger partial charge in [0.1, 0.15) is 0 Å². The second-order valence-corrected chi connectivity index (χ2v) is 6.38. The van der Waals surface area contributed by atoms with E-state index in [4.69, 9.17) is 0 Å². The Morgan fingerprint density at radius 3 is 1.83 bits per heavy atom. The van der Waals surface area contributed by atoms with E-state index < -0.39 is 39.0 Å². The summed E-state index contributed by atoms with van der Waals surface area (Å²) >= 11 is 0. The number of carbonyl (C=O) groups excluding carboxylic acids is 3. The Hall–Kier alpha value is -4.67. The summed E-state index contributed by atoms with van der Waals surface area (Å²) in [5, 5.41) is 33.8. The molecule has 0 spiro atoms. The first-order valence-corrected chi connectivity index (χ1v) is 8.30. The summed E-state index contributed by atoms with van der Waals surface area (Å²) in [4.78, 5) is 59.0. The average Bonchev–Trinajstić information content (AvgIpc) is 2.71. The normalized spacial score (nSPS) is 12.9. The van der Waals surface area contributed by atoms with Crippen molar-refractivity contribution < 1.29 is 29.3 Å². The molecule has 1 aliphatic heterocycles. The van der Waals surface area contributed by atoms with Gasteiger partial charge in [-0.3, -0.25) is 29.8 Å². The molecule has 2 amide bonds. The Balaban J connectivity index is 2.03. The van der Waals surface area contributed by atoms with Gasteiger partial charge < -0.3 is 9.90 Å². The van der Waals surface area contributed by atoms with E-state index in [0.29, 0.717) is 4.90 Å². The van der Waals surface area contributed by atoms with Crippen molar-refractivity contribution in [3.05, 3.63) is 85.4 Å². The lowest BCUT2D eigenvalue weighted by molar-refractivity contribution is -0.385. The molecule has 11 heteroatoms. The number of hydrogen-bond donors (Lipinski definition) is 0. The number of imide groups is 1. The van der Waals surface area contributed by atoms with Crippen LogP contribution < -0.4 is 10.0 Å². The maximum Gasteiger partial charge on any atom is 0.270 e. The fourth-order valence-corrected chi connectivity index (χ4v) is 3.37. The molecule has 0 saturated heterocycles. The first-order chi connectivity index (χ1) is 14.2. The standard InChI is InChI=1S/C19H9N3O8/c23-17-14-7-12(21(27)28)5-10-6-13(22(29)30)8-15(16(10)14)18(24)20(17)11-3-1-2-9(4-11)19(25)26/h1-8H,(H,25,26)/p-1. The van der Waals surface area contributed by atoms with Crippen molar-refractivity contribution >= 4 is 45.6 Å². The summed E-state index contributed by atoms with van der Waals surface area (Å²) in [6, 6.07) is 8.84. The molecule has 1 aliphatic rings. The van der Waals surface area contributed by atoms with Crippen molar-refractivity contribution in [1.29, 1.82) is 0 Å². The summed E-state index contributed by atoms with van der Waals surface area (Å²) < 4.78 is 0. The third kappa shape index (κ3) is 2.73.